The number of cyclic esters (lactones) is 2. The zero-order valence-electron chi connectivity index (χ0n) is 10.5. The molecule has 0 amide bonds. The van der Waals surface area contributed by atoms with Crippen LogP contribution in [0.5, 0.6) is 0 Å². The first-order valence-corrected chi connectivity index (χ1v) is 5.54. The Kier molecular flexibility index (Phi) is 3.12. The lowest BCUT2D eigenvalue weighted by atomic mass is 10.3. The summed E-state index contributed by atoms with van der Waals surface area (Å²) >= 11 is 0. The maximum Gasteiger partial charge on any atom is 0.369 e. The maximum atomic E-state index is 11.6. The minimum Gasteiger partial charge on any atom is -0.418 e. The van der Waals surface area contributed by atoms with Crippen LogP contribution in [0.1, 0.15) is 13.8 Å². The van der Waals surface area contributed by atoms with Gasteiger partial charge in [0.2, 0.25) is 0 Å². The number of hydrazone groups is 1. The van der Waals surface area contributed by atoms with Crippen molar-refractivity contribution in [2.75, 3.05) is 11.2 Å². The van der Waals surface area contributed by atoms with Crippen molar-refractivity contribution in [3.63, 3.8) is 0 Å². The van der Waals surface area contributed by atoms with E-state index in [4.69, 9.17) is 15.2 Å². The molecule has 0 radical (unpaired) electrons. The van der Waals surface area contributed by atoms with Crippen LogP contribution < -0.4 is 11.2 Å². The lowest BCUT2D eigenvalue weighted by Gasteiger charge is -2.28. The minimum atomic E-state index is -1.28. The number of nitrogens with two attached hydrogens (primary N) is 1. The van der Waals surface area contributed by atoms with E-state index in [9.17, 15) is 9.59 Å². The SMILES string of the molecule is CC1(C)OC(=O)C(=NNc2ccccc2N)C(=O)O1. The molecule has 2 rings (SSSR count). The summed E-state index contributed by atoms with van der Waals surface area (Å²) in [5.74, 6) is -2.97. The average Bonchev–Trinajstić information content (AvgIpc) is 2.28. The van der Waals surface area contributed by atoms with Gasteiger partial charge in [0.1, 0.15) is 0 Å². The quantitative estimate of drug-likeness (QED) is 0.466. The topological polar surface area (TPSA) is 103 Å². The van der Waals surface area contributed by atoms with Crippen molar-refractivity contribution in [2.24, 2.45) is 5.10 Å². The fraction of sp³-hybridized carbons (Fsp3) is 0.250. The highest BCUT2D eigenvalue weighted by Gasteiger charge is 2.40. The number of carbonyl (C=O) groups excluding carboxylic acids is 2. The molecule has 0 unspecified atom stereocenters. The average molecular weight is 263 g/mol. The second-order valence-corrected chi connectivity index (χ2v) is 4.34. The van der Waals surface area contributed by atoms with Gasteiger partial charge in [-0.25, -0.2) is 9.59 Å². The Balaban J connectivity index is 2.18. The fourth-order valence-corrected chi connectivity index (χ4v) is 1.45. The fourth-order valence-electron chi connectivity index (χ4n) is 1.45. The van der Waals surface area contributed by atoms with E-state index in [0.29, 0.717) is 11.4 Å². The normalized spacial score (nSPS) is 17.5. The molecule has 0 aliphatic carbocycles. The third kappa shape index (κ3) is 2.82. The van der Waals surface area contributed by atoms with Gasteiger partial charge in [-0.1, -0.05) is 12.1 Å². The zero-order chi connectivity index (χ0) is 14.0. The Morgan fingerprint density at radius 3 is 2.32 bits per heavy atom. The molecule has 1 aliphatic heterocycles. The Morgan fingerprint density at radius 1 is 1.16 bits per heavy atom. The van der Waals surface area contributed by atoms with E-state index in [1.165, 1.54) is 13.8 Å². The first-order chi connectivity index (χ1) is 8.89. The number of hydrogen-bond donors (Lipinski definition) is 2. The Morgan fingerprint density at radius 2 is 1.74 bits per heavy atom. The molecule has 3 N–H and O–H groups in total. The molecule has 1 saturated heterocycles. The van der Waals surface area contributed by atoms with Crippen molar-refractivity contribution in [1.82, 2.24) is 0 Å². The van der Waals surface area contributed by atoms with Crippen molar-refractivity contribution in [3.8, 4) is 0 Å². The molecule has 1 aromatic rings. The minimum absolute atomic E-state index is 0.435. The van der Waals surface area contributed by atoms with E-state index in [1.807, 2.05) is 0 Å². The first-order valence-electron chi connectivity index (χ1n) is 5.54. The smallest absolute Gasteiger partial charge is 0.369 e. The molecule has 19 heavy (non-hydrogen) atoms. The van der Waals surface area contributed by atoms with Gasteiger partial charge in [0.25, 0.3) is 11.5 Å². The third-order valence-electron chi connectivity index (χ3n) is 2.31. The van der Waals surface area contributed by atoms with Crippen molar-refractivity contribution in [1.29, 1.82) is 0 Å². The van der Waals surface area contributed by atoms with Crippen LogP contribution in [0, 0.1) is 0 Å². The van der Waals surface area contributed by atoms with E-state index in [0.717, 1.165) is 0 Å². The van der Waals surface area contributed by atoms with E-state index >= 15 is 0 Å². The van der Waals surface area contributed by atoms with Gasteiger partial charge in [0.05, 0.1) is 11.4 Å². The number of nitrogens with zero attached hydrogens (tertiary/aromatic N) is 1. The Hall–Kier alpha value is -2.57. The van der Waals surface area contributed by atoms with Crippen LogP contribution in [0.25, 0.3) is 0 Å². The molecule has 0 spiro atoms. The van der Waals surface area contributed by atoms with Crippen LogP contribution in [0.3, 0.4) is 0 Å². The highest BCUT2D eigenvalue weighted by molar-refractivity contribution is 6.63. The van der Waals surface area contributed by atoms with Crippen LogP contribution in [0.2, 0.25) is 0 Å². The zero-order valence-corrected chi connectivity index (χ0v) is 10.5. The summed E-state index contributed by atoms with van der Waals surface area (Å²) in [5.41, 5.74) is 8.67. The molecular weight excluding hydrogens is 250 g/mol. The highest BCUT2D eigenvalue weighted by Crippen LogP contribution is 2.19. The summed E-state index contributed by atoms with van der Waals surface area (Å²) < 4.78 is 9.78. The van der Waals surface area contributed by atoms with Crippen molar-refractivity contribution < 1.29 is 19.1 Å². The second kappa shape index (κ2) is 4.60. The molecule has 1 heterocycles. The molecule has 7 nitrogen and oxygen atoms in total. The summed E-state index contributed by atoms with van der Waals surface area (Å²) in [5, 5.41) is 3.68. The van der Waals surface area contributed by atoms with Crippen LogP contribution in [0.4, 0.5) is 11.4 Å². The van der Waals surface area contributed by atoms with E-state index in [2.05, 4.69) is 10.5 Å². The predicted molar refractivity (Wildman–Crippen MR) is 68.2 cm³/mol. The second-order valence-electron chi connectivity index (χ2n) is 4.34. The summed E-state index contributed by atoms with van der Waals surface area (Å²) in [6, 6.07) is 6.80. The predicted octanol–water partition coefficient (Wildman–Crippen LogP) is 0.873. The lowest BCUT2D eigenvalue weighted by molar-refractivity contribution is -0.214. The monoisotopic (exact) mass is 263 g/mol. The number of para-hydroxylation sites is 2. The number of esters is 2. The largest absolute Gasteiger partial charge is 0.418 e. The molecule has 100 valence electrons. The number of anilines is 2. The number of carbonyl (C=O) groups is 2. The molecule has 1 aromatic carbocycles. The van der Waals surface area contributed by atoms with Gasteiger partial charge in [0.15, 0.2) is 0 Å². The molecule has 1 aliphatic rings. The molecule has 7 heteroatoms. The standard InChI is InChI=1S/C12H13N3O4/c1-12(2)18-10(16)9(11(17)19-12)15-14-8-6-4-3-5-7(8)13/h3-6,14H,13H2,1-2H3. The van der Waals surface area contributed by atoms with E-state index in [1.54, 1.807) is 24.3 Å². The molecule has 0 atom stereocenters. The lowest BCUT2D eigenvalue weighted by Crippen LogP contribution is -2.47. The van der Waals surface area contributed by atoms with Gasteiger partial charge in [-0.3, -0.25) is 5.43 Å². The summed E-state index contributed by atoms with van der Waals surface area (Å²) in [6.45, 7) is 2.92. The van der Waals surface area contributed by atoms with Gasteiger partial charge in [-0.05, 0) is 12.1 Å². The van der Waals surface area contributed by atoms with E-state index in [-0.39, 0.29) is 0 Å². The summed E-state index contributed by atoms with van der Waals surface area (Å²) in [7, 11) is 0. The maximum absolute atomic E-state index is 11.6. The molecular formula is C12H13N3O4. The van der Waals surface area contributed by atoms with Crippen molar-refractivity contribution >= 4 is 29.0 Å². The van der Waals surface area contributed by atoms with Crippen LogP contribution in [-0.4, -0.2) is 23.4 Å². The molecule has 0 saturated carbocycles. The van der Waals surface area contributed by atoms with Gasteiger partial charge in [-0.15, -0.1) is 0 Å². The number of nitrogens with one attached hydrogen (secondary N) is 1. The molecule has 0 bridgehead atoms. The number of benzene rings is 1. The van der Waals surface area contributed by atoms with Crippen molar-refractivity contribution in [2.45, 2.75) is 19.6 Å². The molecule has 0 aromatic heterocycles. The first kappa shape index (κ1) is 12.9. The van der Waals surface area contributed by atoms with Gasteiger partial charge in [-0.2, -0.15) is 5.10 Å². The molecule has 1 fully saturated rings. The number of hydrogen-bond acceptors (Lipinski definition) is 7. The number of ether oxygens (including phenoxy) is 2. The van der Waals surface area contributed by atoms with Crippen LogP contribution in [0.15, 0.2) is 29.4 Å². The number of nitrogen functional groups attached to an aromatic ring is 1. The van der Waals surface area contributed by atoms with Crippen LogP contribution >= 0.6 is 0 Å². The van der Waals surface area contributed by atoms with Gasteiger partial charge < -0.3 is 15.2 Å². The number of rotatable bonds is 2. The highest BCUT2D eigenvalue weighted by atomic mass is 16.7. The third-order valence-corrected chi connectivity index (χ3v) is 2.31. The van der Waals surface area contributed by atoms with E-state index < -0.39 is 23.4 Å². The van der Waals surface area contributed by atoms with Gasteiger partial charge >= 0.3 is 11.9 Å². The Labute approximate surface area is 109 Å². The summed E-state index contributed by atoms with van der Waals surface area (Å²) in [4.78, 5) is 23.2. The van der Waals surface area contributed by atoms with Crippen molar-refractivity contribution in [3.05, 3.63) is 24.3 Å². The van der Waals surface area contributed by atoms with Crippen LogP contribution in [-0.2, 0) is 19.1 Å². The Bertz CT molecular complexity index is 544. The summed E-state index contributed by atoms with van der Waals surface area (Å²) in [6.07, 6.45) is 0. The van der Waals surface area contributed by atoms with Gasteiger partial charge in [0, 0.05) is 13.8 Å².